The number of nitrogens with one attached hydrogen (secondary N) is 1. The fourth-order valence-corrected chi connectivity index (χ4v) is 2.95. The second-order valence-electron chi connectivity index (χ2n) is 5.08. The van der Waals surface area contributed by atoms with E-state index in [-0.39, 0.29) is 23.1 Å². The molecule has 3 rings (SSSR count). The second-order valence-corrected chi connectivity index (χ2v) is 6.14. The number of pyridine rings is 1. The van der Waals surface area contributed by atoms with Crippen molar-refractivity contribution in [3.8, 4) is 0 Å². The molecule has 0 bridgehead atoms. The third-order valence-corrected chi connectivity index (χ3v) is 4.10. The van der Waals surface area contributed by atoms with Crippen molar-refractivity contribution in [2.75, 3.05) is 12.4 Å². The van der Waals surface area contributed by atoms with Gasteiger partial charge in [-0.15, -0.1) is 10.2 Å². The molecule has 1 N–H and O–H groups in total. The number of aryl methyl sites for hydroxylation is 1. The molecular formula is C14H12F3N5O2S. The fraction of sp³-hybridized carbons (Fsp3) is 0.286. The number of methoxy groups -OCH3 is 1. The van der Waals surface area contributed by atoms with Gasteiger partial charge in [0.1, 0.15) is 23.0 Å². The van der Waals surface area contributed by atoms with Crippen molar-refractivity contribution in [2.45, 2.75) is 19.7 Å². The Kier molecular flexibility index (Phi) is 4.43. The Morgan fingerprint density at radius 3 is 2.80 bits per heavy atom. The lowest BCUT2D eigenvalue weighted by molar-refractivity contribution is -0.137. The summed E-state index contributed by atoms with van der Waals surface area (Å²) in [6.07, 6.45) is -3.67. The number of amides is 1. The molecule has 0 saturated carbocycles. The van der Waals surface area contributed by atoms with E-state index in [0.717, 1.165) is 28.0 Å². The number of aromatic nitrogens is 4. The van der Waals surface area contributed by atoms with Crippen molar-refractivity contribution >= 4 is 28.0 Å². The molecule has 132 valence electrons. The van der Waals surface area contributed by atoms with E-state index in [1.165, 1.54) is 13.2 Å². The summed E-state index contributed by atoms with van der Waals surface area (Å²) >= 11 is 1.11. The first-order chi connectivity index (χ1) is 11.8. The van der Waals surface area contributed by atoms with Gasteiger partial charge in [-0.25, -0.2) is 4.98 Å². The van der Waals surface area contributed by atoms with E-state index in [1.807, 2.05) is 0 Å². The maximum absolute atomic E-state index is 12.9. The van der Waals surface area contributed by atoms with E-state index < -0.39 is 17.6 Å². The molecule has 0 fully saturated rings. The zero-order valence-corrected chi connectivity index (χ0v) is 13.9. The van der Waals surface area contributed by atoms with E-state index >= 15 is 0 Å². The predicted octanol–water partition coefficient (Wildman–Crippen LogP) is 2.91. The molecular weight excluding hydrogens is 359 g/mol. The van der Waals surface area contributed by atoms with Gasteiger partial charge in [-0.1, -0.05) is 11.3 Å². The topological polar surface area (TPSA) is 81.4 Å². The van der Waals surface area contributed by atoms with Crippen LogP contribution < -0.4 is 5.32 Å². The third kappa shape index (κ3) is 3.46. The summed E-state index contributed by atoms with van der Waals surface area (Å²) in [6.45, 7) is 1.79. The molecule has 0 aromatic carbocycles. The van der Waals surface area contributed by atoms with Crippen LogP contribution in [0.2, 0.25) is 0 Å². The molecule has 0 saturated heterocycles. The number of hydrogen-bond acceptors (Lipinski definition) is 6. The van der Waals surface area contributed by atoms with Crippen LogP contribution >= 0.6 is 11.3 Å². The van der Waals surface area contributed by atoms with Crippen molar-refractivity contribution in [1.82, 2.24) is 19.6 Å². The van der Waals surface area contributed by atoms with Gasteiger partial charge in [-0.05, 0) is 19.1 Å². The molecule has 11 heteroatoms. The van der Waals surface area contributed by atoms with E-state index in [9.17, 15) is 18.0 Å². The number of halogens is 3. The van der Waals surface area contributed by atoms with Crippen LogP contribution in [-0.4, -0.2) is 32.6 Å². The number of carbonyl (C=O) groups is 1. The number of carbonyl (C=O) groups excluding carboxylic acids is 1. The predicted molar refractivity (Wildman–Crippen MR) is 83.5 cm³/mol. The van der Waals surface area contributed by atoms with Crippen LogP contribution in [-0.2, 0) is 17.5 Å². The average Bonchev–Trinajstić information content (AvgIpc) is 3.09. The van der Waals surface area contributed by atoms with Crippen LogP contribution in [0, 0.1) is 6.92 Å². The van der Waals surface area contributed by atoms with Gasteiger partial charge in [0.15, 0.2) is 0 Å². The summed E-state index contributed by atoms with van der Waals surface area (Å²) in [5, 5.41) is 10.9. The minimum atomic E-state index is -4.52. The number of ether oxygens (including phenoxy) is 1. The molecule has 3 aromatic heterocycles. The Labute approximate surface area is 143 Å². The molecule has 0 aliphatic heterocycles. The Morgan fingerprint density at radius 1 is 1.36 bits per heavy atom. The number of fused-ring (bicyclic) bond motifs is 1. The van der Waals surface area contributed by atoms with Crippen molar-refractivity contribution in [2.24, 2.45) is 0 Å². The van der Waals surface area contributed by atoms with Crippen molar-refractivity contribution in [3.05, 3.63) is 40.3 Å². The van der Waals surface area contributed by atoms with Crippen LogP contribution in [0.1, 0.15) is 26.8 Å². The summed E-state index contributed by atoms with van der Waals surface area (Å²) in [5.41, 5.74) is -0.319. The number of hydrogen-bond donors (Lipinski definition) is 1. The molecule has 0 atom stereocenters. The number of anilines is 1. The van der Waals surface area contributed by atoms with Crippen molar-refractivity contribution in [1.29, 1.82) is 0 Å². The highest BCUT2D eigenvalue weighted by Gasteiger charge is 2.31. The normalized spacial score (nSPS) is 11.9. The molecule has 0 spiro atoms. The number of rotatable bonds is 4. The summed E-state index contributed by atoms with van der Waals surface area (Å²) in [7, 11) is 1.50. The summed E-state index contributed by atoms with van der Waals surface area (Å²) in [6, 6.07) is 2.14. The van der Waals surface area contributed by atoms with Crippen LogP contribution in [0.15, 0.2) is 18.3 Å². The Bertz CT molecular complexity index is 934. The average molecular weight is 371 g/mol. The van der Waals surface area contributed by atoms with Crippen LogP contribution in [0.3, 0.4) is 0 Å². The summed E-state index contributed by atoms with van der Waals surface area (Å²) < 4.78 is 44.8. The standard InChI is InChI=1S/C14H12F3N5O2S/c1-7-11(12(23)19-13-21-20-10(25-13)6-24-2)22-5-8(14(15,16)17)3-4-9(22)18-7/h3-5H,6H2,1-2H3,(H,19,21,23). The van der Waals surface area contributed by atoms with E-state index in [1.54, 1.807) is 6.92 Å². The summed E-state index contributed by atoms with van der Waals surface area (Å²) in [4.78, 5) is 16.6. The second kappa shape index (κ2) is 6.41. The highest BCUT2D eigenvalue weighted by atomic mass is 32.1. The van der Waals surface area contributed by atoms with Gasteiger partial charge >= 0.3 is 6.18 Å². The number of imidazole rings is 1. The van der Waals surface area contributed by atoms with Gasteiger partial charge in [-0.2, -0.15) is 13.2 Å². The first kappa shape index (κ1) is 17.3. The van der Waals surface area contributed by atoms with Crippen LogP contribution in [0.5, 0.6) is 0 Å². The van der Waals surface area contributed by atoms with Gasteiger partial charge in [0.25, 0.3) is 5.91 Å². The molecule has 3 heterocycles. The molecule has 3 aromatic rings. The number of alkyl halides is 3. The lowest BCUT2D eigenvalue weighted by Gasteiger charge is -2.08. The van der Waals surface area contributed by atoms with E-state index in [2.05, 4.69) is 20.5 Å². The van der Waals surface area contributed by atoms with Crippen molar-refractivity contribution < 1.29 is 22.7 Å². The maximum atomic E-state index is 12.9. The zero-order chi connectivity index (χ0) is 18.2. The first-order valence-corrected chi connectivity index (χ1v) is 7.80. The highest BCUT2D eigenvalue weighted by molar-refractivity contribution is 7.15. The maximum Gasteiger partial charge on any atom is 0.417 e. The molecule has 1 amide bonds. The Balaban J connectivity index is 1.95. The molecule has 7 nitrogen and oxygen atoms in total. The van der Waals surface area contributed by atoms with Gasteiger partial charge in [0.05, 0.1) is 11.3 Å². The quantitative estimate of drug-likeness (QED) is 0.763. The van der Waals surface area contributed by atoms with Gasteiger partial charge in [-0.3, -0.25) is 14.5 Å². The van der Waals surface area contributed by atoms with Gasteiger partial charge in [0.2, 0.25) is 5.13 Å². The van der Waals surface area contributed by atoms with Gasteiger partial charge in [0, 0.05) is 13.3 Å². The van der Waals surface area contributed by atoms with Crippen molar-refractivity contribution in [3.63, 3.8) is 0 Å². The minimum Gasteiger partial charge on any atom is -0.377 e. The first-order valence-electron chi connectivity index (χ1n) is 6.98. The van der Waals surface area contributed by atoms with Gasteiger partial charge < -0.3 is 4.74 Å². The molecule has 0 radical (unpaired) electrons. The van der Waals surface area contributed by atoms with Crippen LogP contribution in [0.4, 0.5) is 18.3 Å². The zero-order valence-electron chi connectivity index (χ0n) is 13.1. The van der Waals surface area contributed by atoms with Crippen LogP contribution in [0.25, 0.3) is 5.65 Å². The fourth-order valence-electron chi connectivity index (χ4n) is 2.25. The monoisotopic (exact) mass is 371 g/mol. The smallest absolute Gasteiger partial charge is 0.377 e. The SMILES string of the molecule is COCc1nnc(NC(=O)c2c(C)nc3ccc(C(F)(F)F)cn23)s1. The Morgan fingerprint density at radius 2 is 2.12 bits per heavy atom. The summed E-state index contributed by atoms with van der Waals surface area (Å²) in [5.74, 6) is -0.621. The lowest BCUT2D eigenvalue weighted by atomic mass is 10.2. The molecule has 25 heavy (non-hydrogen) atoms. The number of nitrogens with zero attached hydrogens (tertiary/aromatic N) is 4. The minimum absolute atomic E-state index is 0.00425. The van der Waals surface area contributed by atoms with E-state index in [4.69, 9.17) is 4.74 Å². The van der Waals surface area contributed by atoms with E-state index in [0.29, 0.717) is 10.7 Å². The molecule has 0 aliphatic carbocycles. The molecule has 0 aliphatic rings. The lowest BCUT2D eigenvalue weighted by Crippen LogP contribution is -2.16. The largest absolute Gasteiger partial charge is 0.417 e. The Hall–Kier alpha value is -2.53. The molecule has 0 unspecified atom stereocenters. The highest BCUT2D eigenvalue weighted by Crippen LogP contribution is 2.30. The third-order valence-electron chi connectivity index (χ3n) is 3.29.